The molecule has 0 atom stereocenters. The fourth-order valence-corrected chi connectivity index (χ4v) is 2.66. The van der Waals surface area contributed by atoms with Crippen molar-refractivity contribution in [3.63, 3.8) is 0 Å². The molecule has 1 heterocycles. The first kappa shape index (κ1) is 15.4. The Hall–Kier alpha value is -2.04. The molecule has 0 unspecified atom stereocenters. The predicted molar refractivity (Wildman–Crippen MR) is 81.6 cm³/mol. The lowest BCUT2D eigenvalue weighted by Crippen LogP contribution is -2.48. The summed E-state index contributed by atoms with van der Waals surface area (Å²) in [7, 11) is 0. The number of carboxylic acids is 1. The Kier molecular flexibility index (Phi) is 4.21. The van der Waals surface area contributed by atoms with Crippen molar-refractivity contribution < 1.29 is 14.7 Å². The summed E-state index contributed by atoms with van der Waals surface area (Å²) in [5.41, 5.74) is 0.829. The average molecular weight is 290 g/mol. The Balaban J connectivity index is 2.26. The van der Waals surface area contributed by atoms with Crippen LogP contribution < -0.4 is 4.90 Å². The fraction of sp³-hybridized carbons (Fsp3) is 0.500. The summed E-state index contributed by atoms with van der Waals surface area (Å²) in [5.74, 6) is -0.744. The van der Waals surface area contributed by atoms with E-state index in [-0.39, 0.29) is 5.91 Å². The molecular weight excluding hydrogens is 268 g/mol. The number of piperazine rings is 1. The zero-order chi connectivity index (χ0) is 15.6. The van der Waals surface area contributed by atoms with Crippen molar-refractivity contribution in [3.05, 3.63) is 29.8 Å². The van der Waals surface area contributed by atoms with E-state index in [0.29, 0.717) is 13.1 Å². The number of carbonyl (C=O) groups is 2. The van der Waals surface area contributed by atoms with Crippen LogP contribution in [0.15, 0.2) is 24.3 Å². The number of amides is 1. The van der Waals surface area contributed by atoms with Gasteiger partial charge in [-0.25, -0.2) is 0 Å². The van der Waals surface area contributed by atoms with Gasteiger partial charge in [0.05, 0.1) is 5.41 Å². The number of carbonyl (C=O) groups excluding carboxylic acids is 1. The number of hydrogen-bond donors (Lipinski definition) is 1. The van der Waals surface area contributed by atoms with Crippen LogP contribution in [-0.4, -0.2) is 48.1 Å². The topological polar surface area (TPSA) is 60.9 Å². The first-order chi connectivity index (χ1) is 9.84. The molecule has 1 fully saturated rings. The summed E-state index contributed by atoms with van der Waals surface area (Å²) in [5, 5.41) is 9.46. The van der Waals surface area contributed by atoms with Crippen molar-refractivity contribution in [1.29, 1.82) is 0 Å². The quantitative estimate of drug-likeness (QED) is 0.920. The molecule has 1 amide bonds. The number of rotatable bonds is 3. The van der Waals surface area contributed by atoms with E-state index in [1.807, 2.05) is 29.2 Å². The molecule has 0 bridgehead atoms. The first-order valence-electron chi connectivity index (χ1n) is 7.17. The molecular formula is C16H22N2O3. The molecule has 0 aromatic heterocycles. The van der Waals surface area contributed by atoms with Crippen molar-refractivity contribution in [2.45, 2.75) is 26.2 Å². The number of hydrogen-bond acceptors (Lipinski definition) is 3. The maximum Gasteiger partial charge on any atom is 0.313 e. The molecule has 1 saturated heterocycles. The summed E-state index contributed by atoms with van der Waals surface area (Å²) in [4.78, 5) is 26.9. The van der Waals surface area contributed by atoms with Crippen molar-refractivity contribution in [2.75, 3.05) is 31.1 Å². The highest BCUT2D eigenvalue weighted by Crippen LogP contribution is 2.33. The largest absolute Gasteiger partial charge is 0.481 e. The third kappa shape index (κ3) is 3.01. The van der Waals surface area contributed by atoms with Gasteiger partial charge in [0.25, 0.3) is 0 Å². The van der Waals surface area contributed by atoms with Crippen molar-refractivity contribution in [1.82, 2.24) is 4.90 Å². The minimum absolute atomic E-state index is 0.0915. The van der Waals surface area contributed by atoms with Gasteiger partial charge in [0.1, 0.15) is 0 Å². The van der Waals surface area contributed by atoms with E-state index in [1.54, 1.807) is 20.8 Å². The molecule has 1 aliphatic rings. The lowest BCUT2D eigenvalue weighted by molar-refractivity contribution is -0.142. The number of aliphatic carboxylic acids is 1. The number of carboxylic acid groups (broad SMARTS) is 1. The first-order valence-corrected chi connectivity index (χ1v) is 7.17. The Morgan fingerprint density at radius 2 is 1.67 bits per heavy atom. The van der Waals surface area contributed by atoms with Crippen molar-refractivity contribution in [2.24, 2.45) is 0 Å². The second-order valence-electron chi connectivity index (χ2n) is 5.94. The van der Waals surface area contributed by atoms with Gasteiger partial charge in [0.15, 0.2) is 0 Å². The Morgan fingerprint density at radius 3 is 2.19 bits per heavy atom. The van der Waals surface area contributed by atoms with Crippen LogP contribution in [0.1, 0.15) is 26.3 Å². The lowest BCUT2D eigenvalue weighted by Gasteiger charge is -2.38. The van der Waals surface area contributed by atoms with Gasteiger partial charge in [-0.3, -0.25) is 9.59 Å². The summed E-state index contributed by atoms with van der Waals surface area (Å²) in [6.45, 7) is 7.84. The standard InChI is InChI=1S/C16H22N2O3/c1-12(19)17-8-10-18(11-9-17)14-7-5-4-6-13(14)16(2,3)15(20)21/h4-7H,8-11H2,1-3H3,(H,20,21). The second-order valence-corrected chi connectivity index (χ2v) is 5.94. The smallest absolute Gasteiger partial charge is 0.313 e. The predicted octanol–water partition coefficient (Wildman–Crippen LogP) is 1.72. The molecule has 0 spiro atoms. The fourth-order valence-electron chi connectivity index (χ4n) is 2.66. The van der Waals surface area contributed by atoms with E-state index >= 15 is 0 Å². The van der Waals surface area contributed by atoms with Gasteiger partial charge >= 0.3 is 5.97 Å². The van der Waals surface area contributed by atoms with Gasteiger partial charge < -0.3 is 14.9 Å². The molecule has 2 rings (SSSR count). The maximum atomic E-state index is 11.5. The van der Waals surface area contributed by atoms with Gasteiger partial charge in [-0.2, -0.15) is 0 Å². The highest BCUT2D eigenvalue weighted by atomic mass is 16.4. The molecule has 1 aliphatic heterocycles. The lowest BCUT2D eigenvalue weighted by atomic mass is 9.83. The zero-order valence-electron chi connectivity index (χ0n) is 12.8. The highest BCUT2D eigenvalue weighted by Gasteiger charge is 2.33. The maximum absolute atomic E-state index is 11.5. The van der Waals surface area contributed by atoms with Crippen LogP contribution in [0, 0.1) is 0 Å². The molecule has 1 N–H and O–H groups in total. The molecule has 0 saturated carbocycles. The summed E-state index contributed by atoms with van der Waals surface area (Å²) < 4.78 is 0. The Bertz CT molecular complexity index is 546. The molecule has 0 radical (unpaired) electrons. The van der Waals surface area contributed by atoms with Crippen LogP contribution in [-0.2, 0) is 15.0 Å². The van der Waals surface area contributed by atoms with Gasteiger partial charge in [-0.05, 0) is 25.5 Å². The Morgan fingerprint density at radius 1 is 1.10 bits per heavy atom. The second kappa shape index (κ2) is 5.76. The van der Waals surface area contributed by atoms with Crippen LogP contribution in [0.4, 0.5) is 5.69 Å². The van der Waals surface area contributed by atoms with Crippen molar-refractivity contribution in [3.8, 4) is 0 Å². The van der Waals surface area contributed by atoms with Crippen LogP contribution in [0.5, 0.6) is 0 Å². The molecule has 5 heteroatoms. The van der Waals surface area contributed by atoms with Gasteiger partial charge in [0, 0.05) is 38.8 Å². The minimum Gasteiger partial charge on any atom is -0.481 e. The summed E-state index contributed by atoms with van der Waals surface area (Å²) in [6.07, 6.45) is 0. The zero-order valence-corrected chi connectivity index (χ0v) is 12.8. The summed E-state index contributed by atoms with van der Waals surface area (Å²) in [6, 6.07) is 7.63. The van der Waals surface area contributed by atoms with Crippen LogP contribution >= 0.6 is 0 Å². The van der Waals surface area contributed by atoms with E-state index in [4.69, 9.17) is 0 Å². The monoisotopic (exact) mass is 290 g/mol. The van der Waals surface area contributed by atoms with E-state index in [0.717, 1.165) is 24.3 Å². The summed E-state index contributed by atoms with van der Waals surface area (Å²) >= 11 is 0. The third-order valence-electron chi connectivity index (χ3n) is 4.18. The van der Waals surface area contributed by atoms with E-state index < -0.39 is 11.4 Å². The van der Waals surface area contributed by atoms with Gasteiger partial charge in [0.2, 0.25) is 5.91 Å². The number of para-hydroxylation sites is 1. The van der Waals surface area contributed by atoms with Gasteiger partial charge in [-0.1, -0.05) is 18.2 Å². The number of benzene rings is 1. The molecule has 1 aromatic rings. The van der Waals surface area contributed by atoms with Crippen LogP contribution in [0.25, 0.3) is 0 Å². The average Bonchev–Trinajstić information content (AvgIpc) is 2.47. The Labute approximate surface area is 125 Å². The molecule has 0 aliphatic carbocycles. The van der Waals surface area contributed by atoms with E-state index in [9.17, 15) is 14.7 Å². The molecule has 114 valence electrons. The molecule has 5 nitrogen and oxygen atoms in total. The molecule has 1 aromatic carbocycles. The number of nitrogens with zero attached hydrogens (tertiary/aromatic N) is 2. The van der Waals surface area contributed by atoms with E-state index in [1.165, 1.54) is 0 Å². The SMILES string of the molecule is CC(=O)N1CCN(c2ccccc2C(C)(C)C(=O)O)CC1. The highest BCUT2D eigenvalue weighted by molar-refractivity contribution is 5.83. The normalized spacial score (nSPS) is 16.0. The minimum atomic E-state index is -0.936. The molecule has 21 heavy (non-hydrogen) atoms. The van der Waals surface area contributed by atoms with Gasteiger partial charge in [-0.15, -0.1) is 0 Å². The van der Waals surface area contributed by atoms with E-state index in [2.05, 4.69) is 4.90 Å². The number of anilines is 1. The van der Waals surface area contributed by atoms with Crippen molar-refractivity contribution >= 4 is 17.6 Å². The third-order valence-corrected chi connectivity index (χ3v) is 4.18. The van der Waals surface area contributed by atoms with Crippen LogP contribution in [0.2, 0.25) is 0 Å². The van der Waals surface area contributed by atoms with Crippen LogP contribution in [0.3, 0.4) is 0 Å².